The Hall–Kier alpha value is -1.50. The van der Waals surface area contributed by atoms with Gasteiger partial charge < -0.3 is 25.3 Å². The predicted molar refractivity (Wildman–Crippen MR) is 54.8 cm³/mol. The number of nitrogens with zero attached hydrogens (tertiary/aromatic N) is 1. The summed E-state index contributed by atoms with van der Waals surface area (Å²) >= 11 is 0. The van der Waals surface area contributed by atoms with E-state index in [0.717, 1.165) is 0 Å². The van der Waals surface area contributed by atoms with Crippen LogP contribution in [-0.4, -0.2) is 57.3 Å². The minimum absolute atomic E-state index is 1.19. The summed E-state index contributed by atoms with van der Waals surface area (Å²) in [5, 5.41) is 27.9. The van der Waals surface area contributed by atoms with E-state index in [1.54, 1.807) is 0 Å². The normalized spacial score (nSPS) is 8.00. The Labute approximate surface area is 88.6 Å². The first-order chi connectivity index (χ1) is 6.81. The Kier molecular flexibility index (Phi) is 19.1. The van der Waals surface area contributed by atoms with Crippen LogP contribution in [0.15, 0.2) is 0 Å². The minimum Gasteiger partial charge on any atom is -0.450 e. The molecular weight excluding hydrogens is 206 g/mol. The molecule has 0 unspecified atom stereocenters. The first kappa shape index (κ1) is 19.1. The van der Waals surface area contributed by atoms with Gasteiger partial charge in [0.25, 0.3) is 0 Å². The van der Waals surface area contributed by atoms with Crippen LogP contribution in [0.3, 0.4) is 0 Å². The van der Waals surface area contributed by atoms with Crippen LogP contribution in [0.2, 0.25) is 0 Å². The lowest BCUT2D eigenvalue weighted by Crippen LogP contribution is -2.21. The zero-order valence-corrected chi connectivity index (χ0v) is 9.17. The monoisotopic (exact) mass is 225 g/mol. The van der Waals surface area contributed by atoms with Crippen molar-refractivity contribution in [2.45, 2.75) is 20.8 Å². The molecule has 0 aromatic heterocycles. The van der Waals surface area contributed by atoms with E-state index >= 15 is 0 Å². The molecule has 0 aliphatic carbocycles. The van der Waals surface area contributed by atoms with Gasteiger partial charge in [-0.05, 0) is 19.6 Å². The van der Waals surface area contributed by atoms with Crippen LogP contribution in [0.4, 0.5) is 9.59 Å². The van der Waals surface area contributed by atoms with Gasteiger partial charge in [0.15, 0.2) is 0 Å². The molecule has 92 valence electrons. The van der Waals surface area contributed by atoms with Crippen molar-refractivity contribution in [2.75, 3.05) is 19.6 Å². The van der Waals surface area contributed by atoms with E-state index in [-0.39, 0.29) is 0 Å². The van der Waals surface area contributed by atoms with Crippen molar-refractivity contribution in [1.82, 2.24) is 4.90 Å². The average Bonchev–Trinajstić information content (AvgIpc) is 2.05. The van der Waals surface area contributed by atoms with E-state index in [4.69, 9.17) is 30.0 Å². The molecule has 0 spiro atoms. The fraction of sp³-hybridized carbons (Fsp3) is 0.750. The van der Waals surface area contributed by atoms with Gasteiger partial charge in [-0.3, -0.25) is 0 Å². The first-order valence-corrected chi connectivity index (χ1v) is 4.37. The fourth-order valence-corrected chi connectivity index (χ4v) is 0.671. The smallest absolute Gasteiger partial charge is 0.450 e. The van der Waals surface area contributed by atoms with E-state index in [0.29, 0.717) is 0 Å². The second-order valence-corrected chi connectivity index (χ2v) is 2.18. The Balaban J connectivity index is -0.000000155. The molecule has 4 N–H and O–H groups in total. The molecule has 0 saturated carbocycles. The molecule has 15 heavy (non-hydrogen) atoms. The maximum atomic E-state index is 8.56. The lowest BCUT2D eigenvalue weighted by Gasteiger charge is -2.13. The first-order valence-electron chi connectivity index (χ1n) is 4.37. The van der Waals surface area contributed by atoms with Gasteiger partial charge in [0, 0.05) is 0 Å². The van der Waals surface area contributed by atoms with Crippen LogP contribution in [0, 0.1) is 0 Å². The van der Waals surface area contributed by atoms with Crippen molar-refractivity contribution in [3.05, 3.63) is 0 Å². The quantitative estimate of drug-likeness (QED) is 0.578. The molecule has 0 aromatic carbocycles. The summed E-state index contributed by atoms with van der Waals surface area (Å²) < 4.78 is 0. The third kappa shape index (κ3) is 68.1. The van der Waals surface area contributed by atoms with Gasteiger partial charge >= 0.3 is 12.3 Å². The summed E-state index contributed by atoms with van der Waals surface area (Å²) in [5.41, 5.74) is 0. The zero-order chi connectivity index (χ0) is 12.9. The molecule has 0 atom stereocenters. The Morgan fingerprint density at radius 2 is 0.933 bits per heavy atom. The summed E-state index contributed by atoms with van der Waals surface area (Å²) in [6.45, 7) is 10.1. The molecule has 0 aromatic rings. The van der Waals surface area contributed by atoms with Gasteiger partial charge in [0.1, 0.15) is 0 Å². The average molecular weight is 225 g/mol. The summed E-state index contributed by atoms with van der Waals surface area (Å²) in [7, 11) is 0. The topological polar surface area (TPSA) is 118 Å². The van der Waals surface area contributed by atoms with Crippen molar-refractivity contribution in [1.29, 1.82) is 0 Å². The lowest BCUT2D eigenvalue weighted by molar-refractivity contribution is 0.135. The van der Waals surface area contributed by atoms with Crippen LogP contribution in [0.5, 0.6) is 0 Å². The predicted octanol–water partition coefficient (Wildman–Crippen LogP) is 1.79. The molecule has 0 rings (SSSR count). The van der Waals surface area contributed by atoms with E-state index in [1.807, 2.05) is 0 Å². The Morgan fingerprint density at radius 1 is 0.800 bits per heavy atom. The number of carboxylic acid groups (broad SMARTS) is 4. The summed E-state index contributed by atoms with van der Waals surface area (Å²) in [4.78, 5) is 19.5. The molecule has 0 aliphatic heterocycles. The minimum atomic E-state index is -1.83. The van der Waals surface area contributed by atoms with Crippen molar-refractivity contribution in [3.63, 3.8) is 0 Å². The summed E-state index contributed by atoms with van der Waals surface area (Å²) in [5.74, 6) is 0. The van der Waals surface area contributed by atoms with E-state index in [1.165, 1.54) is 19.6 Å². The highest BCUT2D eigenvalue weighted by Crippen LogP contribution is 1.81. The van der Waals surface area contributed by atoms with Crippen molar-refractivity contribution in [3.8, 4) is 0 Å². The number of hydrogen-bond acceptors (Lipinski definition) is 3. The van der Waals surface area contributed by atoms with E-state index in [2.05, 4.69) is 25.7 Å². The molecule has 0 radical (unpaired) electrons. The molecular formula is C8H19NO6. The standard InChI is InChI=1S/C6H15N.2CH2O3/c1-4-7(5-2)6-3;2*2-1(3)4/h4-6H2,1-3H3;2*(H2,2,3,4). The van der Waals surface area contributed by atoms with Crippen LogP contribution in [-0.2, 0) is 0 Å². The number of rotatable bonds is 3. The summed E-state index contributed by atoms with van der Waals surface area (Å²) in [6, 6.07) is 0. The third-order valence-corrected chi connectivity index (χ3v) is 1.34. The number of carbonyl (C=O) groups is 2. The highest BCUT2D eigenvalue weighted by atomic mass is 16.6. The lowest BCUT2D eigenvalue weighted by atomic mass is 10.5. The molecule has 0 aliphatic rings. The SMILES string of the molecule is CCN(CC)CC.O=C(O)O.O=C(O)O. The zero-order valence-electron chi connectivity index (χ0n) is 9.17. The number of hydrogen-bond donors (Lipinski definition) is 4. The van der Waals surface area contributed by atoms with Crippen molar-refractivity contribution < 1.29 is 30.0 Å². The molecule has 0 bridgehead atoms. The highest BCUT2D eigenvalue weighted by Gasteiger charge is 1.89. The van der Waals surface area contributed by atoms with Crippen LogP contribution < -0.4 is 0 Å². The molecule has 0 amide bonds. The maximum absolute atomic E-state index is 8.56. The van der Waals surface area contributed by atoms with Gasteiger partial charge in [0.2, 0.25) is 0 Å². The second-order valence-electron chi connectivity index (χ2n) is 2.18. The van der Waals surface area contributed by atoms with Crippen LogP contribution >= 0.6 is 0 Å². The largest absolute Gasteiger partial charge is 0.503 e. The molecule has 7 heteroatoms. The van der Waals surface area contributed by atoms with Gasteiger partial charge in [-0.25, -0.2) is 9.59 Å². The molecule has 7 nitrogen and oxygen atoms in total. The molecule has 0 saturated heterocycles. The van der Waals surface area contributed by atoms with Gasteiger partial charge in [-0.2, -0.15) is 0 Å². The van der Waals surface area contributed by atoms with Crippen LogP contribution in [0.1, 0.15) is 20.8 Å². The summed E-state index contributed by atoms with van der Waals surface area (Å²) in [6.07, 6.45) is -3.67. The van der Waals surface area contributed by atoms with Gasteiger partial charge in [0.05, 0.1) is 0 Å². The molecule has 0 fully saturated rings. The van der Waals surface area contributed by atoms with Gasteiger partial charge in [-0.15, -0.1) is 0 Å². The Bertz CT molecular complexity index is 132. The highest BCUT2D eigenvalue weighted by molar-refractivity contribution is 5.53. The van der Waals surface area contributed by atoms with Gasteiger partial charge in [-0.1, -0.05) is 20.8 Å². The Morgan fingerprint density at radius 3 is 0.933 bits per heavy atom. The van der Waals surface area contributed by atoms with E-state index < -0.39 is 12.3 Å². The van der Waals surface area contributed by atoms with E-state index in [9.17, 15) is 0 Å². The fourth-order valence-electron chi connectivity index (χ4n) is 0.671. The van der Waals surface area contributed by atoms with Crippen molar-refractivity contribution in [2.24, 2.45) is 0 Å². The second kappa shape index (κ2) is 15.0. The van der Waals surface area contributed by atoms with Crippen molar-refractivity contribution >= 4 is 12.3 Å². The van der Waals surface area contributed by atoms with Crippen LogP contribution in [0.25, 0.3) is 0 Å². The third-order valence-electron chi connectivity index (χ3n) is 1.34. The molecule has 0 heterocycles. The maximum Gasteiger partial charge on any atom is 0.503 e.